The molecule has 1 aromatic heterocycles. The highest BCUT2D eigenvalue weighted by Gasteiger charge is 2.22. The van der Waals surface area contributed by atoms with Gasteiger partial charge in [0.15, 0.2) is 5.82 Å². The SMILES string of the molecule is CC(C)c1cnc(-c2cc(Cl)ccc2F)nc1NC1=CCNC(N2CCC(N)C2)=C1. The zero-order valence-corrected chi connectivity index (χ0v) is 17.9. The lowest BCUT2D eigenvalue weighted by Gasteiger charge is -2.26. The minimum Gasteiger partial charge on any atom is -0.368 e. The molecule has 4 N–H and O–H groups in total. The maximum Gasteiger partial charge on any atom is 0.164 e. The third-order valence-corrected chi connectivity index (χ3v) is 5.57. The molecule has 1 atom stereocenters. The van der Waals surface area contributed by atoms with Crippen molar-refractivity contribution in [1.82, 2.24) is 20.2 Å². The Labute approximate surface area is 181 Å². The van der Waals surface area contributed by atoms with Crippen molar-refractivity contribution in [2.45, 2.75) is 32.2 Å². The van der Waals surface area contributed by atoms with E-state index >= 15 is 0 Å². The van der Waals surface area contributed by atoms with Gasteiger partial charge in [-0.2, -0.15) is 0 Å². The standard InChI is InChI=1S/C22H26ClFN6/c1-13(2)18-11-27-21(17-9-14(23)3-4-19(17)24)29-22(18)28-16-5-7-26-20(10-16)30-8-6-15(25)12-30/h3-5,9-11,13,15,26H,6-8,12,25H2,1-2H3,(H,27,28,29). The fourth-order valence-corrected chi connectivity index (χ4v) is 3.84. The molecule has 0 bridgehead atoms. The summed E-state index contributed by atoms with van der Waals surface area (Å²) in [5, 5.41) is 7.26. The van der Waals surface area contributed by atoms with Crippen molar-refractivity contribution in [2.24, 2.45) is 5.73 Å². The molecule has 0 saturated carbocycles. The summed E-state index contributed by atoms with van der Waals surface area (Å²) in [5.41, 5.74) is 8.22. The van der Waals surface area contributed by atoms with E-state index in [9.17, 15) is 4.39 Å². The molecule has 6 nitrogen and oxygen atoms in total. The summed E-state index contributed by atoms with van der Waals surface area (Å²) in [6, 6.07) is 4.59. The van der Waals surface area contributed by atoms with Gasteiger partial charge in [0.2, 0.25) is 0 Å². The number of allylic oxidation sites excluding steroid dienone is 1. The molecule has 0 aliphatic carbocycles. The predicted octanol–water partition coefficient (Wildman–Crippen LogP) is 3.83. The van der Waals surface area contributed by atoms with E-state index in [0.717, 1.165) is 36.6 Å². The number of aromatic nitrogens is 2. The van der Waals surface area contributed by atoms with Gasteiger partial charge in [-0.05, 0) is 36.6 Å². The largest absolute Gasteiger partial charge is 0.368 e. The molecule has 2 aliphatic rings. The molecular weight excluding hydrogens is 403 g/mol. The first-order valence-corrected chi connectivity index (χ1v) is 10.5. The first kappa shape index (κ1) is 20.6. The summed E-state index contributed by atoms with van der Waals surface area (Å²) in [5.74, 6) is 1.81. The minimum absolute atomic E-state index is 0.202. The molecule has 30 heavy (non-hydrogen) atoms. The molecule has 0 radical (unpaired) electrons. The lowest BCUT2D eigenvalue weighted by molar-refractivity contribution is 0.387. The lowest BCUT2D eigenvalue weighted by atomic mass is 10.1. The van der Waals surface area contributed by atoms with Gasteiger partial charge in [-0.15, -0.1) is 0 Å². The van der Waals surface area contributed by atoms with E-state index in [-0.39, 0.29) is 17.5 Å². The average molecular weight is 429 g/mol. The Kier molecular flexibility index (Phi) is 5.92. The van der Waals surface area contributed by atoms with E-state index in [0.29, 0.717) is 23.2 Å². The first-order chi connectivity index (χ1) is 14.4. The molecule has 8 heteroatoms. The number of likely N-dealkylation sites (tertiary alicyclic amines) is 1. The second kappa shape index (κ2) is 8.62. The Morgan fingerprint density at radius 3 is 2.93 bits per heavy atom. The van der Waals surface area contributed by atoms with Crippen LogP contribution >= 0.6 is 11.6 Å². The molecule has 2 aromatic rings. The van der Waals surface area contributed by atoms with Crippen LogP contribution in [0.4, 0.5) is 10.2 Å². The molecule has 1 fully saturated rings. The fraction of sp³-hybridized carbons (Fsp3) is 0.364. The third kappa shape index (κ3) is 4.42. The summed E-state index contributed by atoms with van der Waals surface area (Å²) in [7, 11) is 0. The Balaban J connectivity index is 1.65. The van der Waals surface area contributed by atoms with Gasteiger partial charge in [0.05, 0.1) is 5.56 Å². The molecule has 1 unspecified atom stereocenters. The average Bonchev–Trinajstić information content (AvgIpc) is 3.16. The highest BCUT2D eigenvalue weighted by Crippen LogP contribution is 2.29. The van der Waals surface area contributed by atoms with Crippen molar-refractivity contribution >= 4 is 17.4 Å². The van der Waals surface area contributed by atoms with E-state index in [1.54, 1.807) is 12.3 Å². The van der Waals surface area contributed by atoms with E-state index in [4.69, 9.17) is 17.3 Å². The van der Waals surface area contributed by atoms with E-state index in [2.05, 4.69) is 51.5 Å². The number of hydrogen-bond acceptors (Lipinski definition) is 6. The highest BCUT2D eigenvalue weighted by molar-refractivity contribution is 6.30. The zero-order chi connectivity index (χ0) is 21.3. The van der Waals surface area contributed by atoms with Crippen LogP contribution in [0.25, 0.3) is 11.4 Å². The Morgan fingerprint density at radius 1 is 1.37 bits per heavy atom. The first-order valence-electron chi connectivity index (χ1n) is 10.2. The normalized spacial score (nSPS) is 18.9. The molecule has 1 saturated heterocycles. The Bertz CT molecular complexity index is 1000. The second-order valence-corrected chi connectivity index (χ2v) is 8.40. The van der Waals surface area contributed by atoms with Crippen molar-refractivity contribution in [3.8, 4) is 11.4 Å². The maximum absolute atomic E-state index is 14.4. The topological polar surface area (TPSA) is 79.1 Å². The van der Waals surface area contributed by atoms with Gasteiger partial charge in [0, 0.05) is 54.2 Å². The maximum atomic E-state index is 14.4. The number of halogens is 2. The van der Waals surface area contributed by atoms with E-state index in [1.807, 2.05) is 0 Å². The van der Waals surface area contributed by atoms with Crippen LogP contribution in [0.5, 0.6) is 0 Å². The van der Waals surface area contributed by atoms with Gasteiger partial charge in [-0.1, -0.05) is 25.4 Å². The van der Waals surface area contributed by atoms with Crippen molar-refractivity contribution in [1.29, 1.82) is 0 Å². The van der Waals surface area contributed by atoms with Crippen LogP contribution in [0.1, 0.15) is 31.7 Å². The van der Waals surface area contributed by atoms with Crippen LogP contribution in [0.3, 0.4) is 0 Å². The lowest BCUT2D eigenvalue weighted by Crippen LogP contribution is -2.34. The monoisotopic (exact) mass is 428 g/mol. The summed E-state index contributed by atoms with van der Waals surface area (Å²) < 4.78 is 14.4. The predicted molar refractivity (Wildman–Crippen MR) is 118 cm³/mol. The van der Waals surface area contributed by atoms with Crippen LogP contribution in [-0.4, -0.2) is 40.5 Å². The van der Waals surface area contributed by atoms with Crippen molar-refractivity contribution in [2.75, 3.05) is 25.0 Å². The van der Waals surface area contributed by atoms with Crippen LogP contribution in [0, 0.1) is 5.82 Å². The van der Waals surface area contributed by atoms with Gasteiger partial charge in [-0.25, -0.2) is 14.4 Å². The molecule has 0 spiro atoms. The smallest absolute Gasteiger partial charge is 0.164 e. The number of nitrogens with two attached hydrogens (primary N) is 1. The summed E-state index contributed by atoms with van der Waals surface area (Å²) in [4.78, 5) is 11.3. The highest BCUT2D eigenvalue weighted by atomic mass is 35.5. The molecular formula is C22H26ClFN6. The minimum atomic E-state index is -0.406. The number of rotatable bonds is 5. The molecule has 158 valence electrons. The van der Waals surface area contributed by atoms with E-state index in [1.165, 1.54) is 12.1 Å². The van der Waals surface area contributed by atoms with Crippen LogP contribution in [-0.2, 0) is 0 Å². The molecule has 2 aliphatic heterocycles. The van der Waals surface area contributed by atoms with Gasteiger partial charge < -0.3 is 21.3 Å². The second-order valence-electron chi connectivity index (χ2n) is 7.97. The number of anilines is 1. The van der Waals surface area contributed by atoms with E-state index < -0.39 is 5.82 Å². The Hall–Kier alpha value is -2.64. The summed E-state index contributed by atoms with van der Waals surface area (Å²) in [6.45, 7) is 6.64. The van der Waals surface area contributed by atoms with Crippen LogP contribution in [0.15, 0.2) is 48.1 Å². The van der Waals surface area contributed by atoms with Gasteiger partial charge in [0.1, 0.15) is 17.5 Å². The fourth-order valence-electron chi connectivity index (χ4n) is 3.67. The van der Waals surface area contributed by atoms with Crippen LogP contribution in [0.2, 0.25) is 5.02 Å². The summed E-state index contributed by atoms with van der Waals surface area (Å²) in [6.07, 6.45) is 6.86. The third-order valence-electron chi connectivity index (χ3n) is 5.33. The van der Waals surface area contributed by atoms with Crippen LogP contribution < -0.4 is 16.4 Å². The zero-order valence-electron chi connectivity index (χ0n) is 17.1. The Morgan fingerprint density at radius 2 is 2.20 bits per heavy atom. The van der Waals surface area contributed by atoms with Gasteiger partial charge in [0.25, 0.3) is 0 Å². The number of nitrogens with zero attached hydrogens (tertiary/aromatic N) is 3. The van der Waals surface area contributed by atoms with Gasteiger partial charge >= 0.3 is 0 Å². The molecule has 3 heterocycles. The molecule has 4 rings (SSSR count). The quantitative estimate of drug-likeness (QED) is 0.671. The number of dihydropyridines is 1. The van der Waals surface area contributed by atoms with Crippen molar-refractivity contribution < 1.29 is 4.39 Å². The number of hydrogen-bond donors (Lipinski definition) is 3. The number of benzene rings is 1. The summed E-state index contributed by atoms with van der Waals surface area (Å²) >= 11 is 6.06. The van der Waals surface area contributed by atoms with Gasteiger partial charge in [-0.3, -0.25) is 0 Å². The van der Waals surface area contributed by atoms with Crippen molar-refractivity contribution in [3.63, 3.8) is 0 Å². The number of nitrogens with one attached hydrogen (secondary N) is 2. The molecule has 0 amide bonds. The van der Waals surface area contributed by atoms with Crippen molar-refractivity contribution in [3.05, 3.63) is 64.5 Å². The molecule has 1 aromatic carbocycles.